The highest BCUT2D eigenvalue weighted by molar-refractivity contribution is 5.99. The highest BCUT2D eigenvalue weighted by Crippen LogP contribution is 2.34. The molecule has 0 aliphatic heterocycles. The van der Waals surface area contributed by atoms with Gasteiger partial charge in [-0.3, -0.25) is 9.48 Å². The highest BCUT2D eigenvalue weighted by atomic mass is 19.4. The van der Waals surface area contributed by atoms with Gasteiger partial charge in [0, 0.05) is 36.8 Å². The number of hydrogen-bond donors (Lipinski definition) is 3. The number of amides is 1. The number of rotatable bonds is 7. The number of hydrogen-bond acceptors (Lipinski definition) is 6. The molecule has 12 heteroatoms. The first-order valence-corrected chi connectivity index (χ1v) is 11.7. The van der Waals surface area contributed by atoms with Gasteiger partial charge in [-0.25, -0.2) is 9.37 Å². The number of anilines is 5. The van der Waals surface area contributed by atoms with Crippen molar-refractivity contribution < 1.29 is 22.4 Å². The fourth-order valence-corrected chi connectivity index (χ4v) is 3.30. The summed E-state index contributed by atoms with van der Waals surface area (Å²) in [5.74, 6) is -0.930. The smallest absolute Gasteiger partial charge is 0.337 e. The summed E-state index contributed by atoms with van der Waals surface area (Å²) < 4.78 is 55.4. The van der Waals surface area contributed by atoms with Crippen LogP contribution in [-0.2, 0) is 18.0 Å². The van der Waals surface area contributed by atoms with Gasteiger partial charge in [-0.05, 0) is 35.9 Å². The molecule has 202 valence electrons. The van der Waals surface area contributed by atoms with Crippen molar-refractivity contribution in [2.45, 2.75) is 20.0 Å². The number of nitrogens with one attached hydrogen (secondary N) is 3. The highest BCUT2D eigenvalue weighted by Gasteiger charge is 2.30. The number of benzene rings is 2. The minimum Gasteiger partial charge on any atom is -0.337 e. The fourth-order valence-electron chi connectivity index (χ4n) is 3.30. The van der Waals surface area contributed by atoms with E-state index in [1.54, 1.807) is 24.1 Å². The fraction of sp³-hybridized carbons (Fsp3) is 0.148. The third kappa shape index (κ3) is 7.53. The Bertz CT molecular complexity index is 1490. The van der Waals surface area contributed by atoms with Crippen LogP contribution in [0.25, 0.3) is 11.1 Å². The minimum absolute atomic E-state index is 0.0421. The zero-order valence-corrected chi connectivity index (χ0v) is 21.3. The second-order valence-electron chi connectivity index (χ2n) is 7.72. The van der Waals surface area contributed by atoms with E-state index < -0.39 is 23.5 Å². The van der Waals surface area contributed by atoms with Crippen molar-refractivity contribution in [3.05, 3.63) is 90.8 Å². The largest absolute Gasteiger partial charge is 0.416 e. The molecule has 2 aromatic heterocycles. The van der Waals surface area contributed by atoms with Gasteiger partial charge in [0.15, 0.2) is 0 Å². The van der Waals surface area contributed by atoms with Crippen molar-refractivity contribution >= 4 is 34.7 Å². The molecular weight excluding hydrogens is 514 g/mol. The van der Waals surface area contributed by atoms with E-state index in [1.807, 2.05) is 13.8 Å². The van der Waals surface area contributed by atoms with Crippen LogP contribution in [0.3, 0.4) is 0 Å². The Balaban J connectivity index is 0.00000205. The van der Waals surface area contributed by atoms with Gasteiger partial charge in [-0.2, -0.15) is 23.3 Å². The first-order chi connectivity index (χ1) is 18.6. The van der Waals surface area contributed by atoms with E-state index in [-0.39, 0.29) is 23.1 Å². The summed E-state index contributed by atoms with van der Waals surface area (Å²) in [5.41, 5.74) is 3.03. The maximum atomic E-state index is 14.7. The number of halogens is 4. The Hall–Kier alpha value is -4.96. The first-order valence-electron chi connectivity index (χ1n) is 11.7. The van der Waals surface area contributed by atoms with Crippen molar-refractivity contribution in [1.82, 2.24) is 19.7 Å². The molecule has 0 aliphatic carbocycles. The Morgan fingerprint density at radius 2 is 1.77 bits per heavy atom. The molecule has 0 aliphatic rings. The lowest BCUT2D eigenvalue weighted by molar-refractivity contribution is -0.137. The number of carbonyl (C=O) groups excluding carboxylic acids is 1. The molecule has 0 fully saturated rings. The molecule has 0 saturated carbocycles. The molecular formula is C27H25F4N7O. The third-order valence-electron chi connectivity index (χ3n) is 4.99. The van der Waals surface area contributed by atoms with E-state index in [4.69, 9.17) is 0 Å². The number of aromatic nitrogens is 4. The van der Waals surface area contributed by atoms with Crippen LogP contribution in [0.1, 0.15) is 19.4 Å². The second-order valence-corrected chi connectivity index (χ2v) is 7.72. The third-order valence-corrected chi connectivity index (χ3v) is 4.99. The molecule has 0 atom stereocenters. The van der Waals surface area contributed by atoms with Crippen molar-refractivity contribution in [2.24, 2.45) is 7.05 Å². The van der Waals surface area contributed by atoms with Gasteiger partial charge in [0.25, 0.3) is 5.91 Å². The molecule has 2 heterocycles. The molecule has 3 N–H and O–H groups in total. The van der Waals surface area contributed by atoms with Crippen molar-refractivity contribution in [1.29, 1.82) is 0 Å². The summed E-state index contributed by atoms with van der Waals surface area (Å²) in [6.45, 7) is 7.33. The molecule has 0 radical (unpaired) electrons. The summed E-state index contributed by atoms with van der Waals surface area (Å²) >= 11 is 0. The lowest BCUT2D eigenvalue weighted by atomic mass is 10.1. The summed E-state index contributed by atoms with van der Waals surface area (Å²) in [5, 5.41) is 12.4. The summed E-state index contributed by atoms with van der Waals surface area (Å²) in [7, 11) is 1.73. The lowest BCUT2D eigenvalue weighted by Crippen LogP contribution is -2.08. The van der Waals surface area contributed by atoms with E-state index in [1.165, 1.54) is 30.5 Å². The molecule has 39 heavy (non-hydrogen) atoms. The van der Waals surface area contributed by atoms with Crippen LogP contribution >= 0.6 is 0 Å². The molecule has 0 bridgehead atoms. The van der Waals surface area contributed by atoms with E-state index in [0.29, 0.717) is 16.8 Å². The average Bonchev–Trinajstić information content (AvgIpc) is 3.31. The normalized spacial score (nSPS) is 10.5. The standard InChI is InChI=1S/C25H19F4N7O.C2H6/c1-3-4-22(37)32-17-9-10-20(26)21(11-17)34-23-19(15-5-7-16(8-6-15)25(27,28)29)13-30-24(35-23)33-18-12-31-36(2)14-18;1-2/h4-14H,1H2,2H3,(H,32,37)(H2,30,33,34,35);1-2H3. The van der Waals surface area contributed by atoms with Gasteiger partial charge in [0.2, 0.25) is 5.95 Å². The monoisotopic (exact) mass is 539 g/mol. The molecule has 2 aromatic carbocycles. The summed E-state index contributed by atoms with van der Waals surface area (Å²) in [6, 6.07) is 8.27. The Kier molecular flexibility index (Phi) is 9.19. The van der Waals surface area contributed by atoms with Crippen molar-refractivity contribution in [3.8, 4) is 11.1 Å². The average molecular weight is 540 g/mol. The Morgan fingerprint density at radius 1 is 1.05 bits per heavy atom. The summed E-state index contributed by atoms with van der Waals surface area (Å²) in [4.78, 5) is 20.5. The zero-order valence-electron chi connectivity index (χ0n) is 21.3. The predicted molar refractivity (Wildman–Crippen MR) is 142 cm³/mol. The number of alkyl halides is 3. The van der Waals surface area contributed by atoms with E-state index in [9.17, 15) is 22.4 Å². The molecule has 0 saturated heterocycles. The number of carbonyl (C=O) groups is 1. The predicted octanol–water partition coefficient (Wildman–Crippen LogP) is 6.83. The van der Waals surface area contributed by atoms with E-state index in [2.05, 4.69) is 43.3 Å². The second kappa shape index (κ2) is 12.5. The molecule has 0 unspecified atom stereocenters. The molecule has 4 rings (SSSR count). The van der Waals surface area contributed by atoms with E-state index >= 15 is 0 Å². The van der Waals surface area contributed by atoms with Gasteiger partial charge < -0.3 is 16.0 Å². The van der Waals surface area contributed by atoms with Gasteiger partial charge in [-0.15, -0.1) is 5.73 Å². The molecule has 0 spiro atoms. The molecule has 8 nitrogen and oxygen atoms in total. The number of nitrogens with zero attached hydrogens (tertiary/aromatic N) is 4. The first kappa shape index (κ1) is 28.6. The van der Waals surface area contributed by atoms with Crippen LogP contribution < -0.4 is 16.0 Å². The van der Waals surface area contributed by atoms with Gasteiger partial charge in [0.05, 0.1) is 23.1 Å². The van der Waals surface area contributed by atoms with Crippen LogP contribution in [0.2, 0.25) is 0 Å². The summed E-state index contributed by atoms with van der Waals surface area (Å²) in [6.07, 6.45) is 1.21. The van der Waals surface area contributed by atoms with Crippen LogP contribution in [0, 0.1) is 5.82 Å². The maximum absolute atomic E-state index is 14.7. The SMILES string of the molecule is C=C=CC(=O)Nc1ccc(F)c(Nc2nc(Nc3cnn(C)c3)ncc2-c2ccc(C(F)(F)F)cc2)c1.CC. The van der Waals surface area contributed by atoms with E-state index in [0.717, 1.165) is 24.3 Å². The molecule has 1 amide bonds. The van der Waals surface area contributed by atoms with Crippen LogP contribution in [-0.4, -0.2) is 25.7 Å². The van der Waals surface area contributed by atoms with Crippen LogP contribution in [0.4, 0.5) is 46.4 Å². The van der Waals surface area contributed by atoms with Gasteiger partial charge in [-0.1, -0.05) is 32.6 Å². The van der Waals surface area contributed by atoms with Crippen LogP contribution in [0.5, 0.6) is 0 Å². The lowest BCUT2D eigenvalue weighted by Gasteiger charge is -2.15. The van der Waals surface area contributed by atoms with Crippen molar-refractivity contribution in [3.63, 3.8) is 0 Å². The maximum Gasteiger partial charge on any atom is 0.416 e. The number of aryl methyl sites for hydroxylation is 1. The Morgan fingerprint density at radius 3 is 2.38 bits per heavy atom. The molecule has 4 aromatic rings. The quantitative estimate of drug-likeness (QED) is 0.135. The van der Waals surface area contributed by atoms with Crippen LogP contribution in [0.15, 0.2) is 79.4 Å². The topological polar surface area (TPSA) is 96.8 Å². The minimum atomic E-state index is -4.50. The van der Waals surface area contributed by atoms with Gasteiger partial charge >= 0.3 is 6.18 Å². The Labute approximate surface area is 222 Å². The van der Waals surface area contributed by atoms with Crippen molar-refractivity contribution in [2.75, 3.05) is 16.0 Å². The zero-order chi connectivity index (χ0) is 28.6. The van der Waals surface area contributed by atoms with Gasteiger partial charge in [0.1, 0.15) is 11.6 Å².